The summed E-state index contributed by atoms with van der Waals surface area (Å²) in [6, 6.07) is 6.95. The average Bonchev–Trinajstić information content (AvgIpc) is 2.87. The van der Waals surface area contributed by atoms with E-state index in [9.17, 15) is 14.7 Å². The van der Waals surface area contributed by atoms with E-state index in [2.05, 4.69) is 5.32 Å². The third-order valence-corrected chi connectivity index (χ3v) is 4.58. The molecule has 1 heterocycles. The van der Waals surface area contributed by atoms with Crippen molar-refractivity contribution in [2.24, 2.45) is 0 Å². The first kappa shape index (κ1) is 19.2. The molecule has 7 heteroatoms. The van der Waals surface area contributed by atoms with Gasteiger partial charge in [-0.1, -0.05) is 26.0 Å². The largest absolute Gasteiger partial charge is 0.497 e. The number of methoxy groups -OCH3 is 1. The van der Waals surface area contributed by atoms with Crippen molar-refractivity contribution < 1.29 is 24.2 Å². The summed E-state index contributed by atoms with van der Waals surface area (Å²) in [5, 5.41) is 12.8. The molecule has 1 aromatic carbocycles. The highest BCUT2D eigenvalue weighted by atomic mass is 16.5. The van der Waals surface area contributed by atoms with Gasteiger partial charge in [0.15, 0.2) is 0 Å². The standard InChI is InChI=1S/C18H26N2O5/c1-4-18(5-2)16(22)20(17(23)19-18)10-14(21)12-25-11-13-6-8-15(24-3)9-7-13/h6-9,14,21H,4-5,10-12H2,1-3H3,(H,19,23)/t14-/m1/s1. The molecule has 1 aliphatic rings. The summed E-state index contributed by atoms with van der Waals surface area (Å²) in [5.74, 6) is 0.481. The number of urea groups is 1. The minimum absolute atomic E-state index is 0.0361. The van der Waals surface area contributed by atoms with Gasteiger partial charge in [0.05, 0.1) is 33.0 Å². The number of aliphatic hydroxyl groups excluding tert-OH is 1. The molecule has 1 fully saturated rings. The number of hydrogen-bond donors (Lipinski definition) is 2. The fourth-order valence-corrected chi connectivity index (χ4v) is 2.87. The maximum absolute atomic E-state index is 12.5. The Morgan fingerprint density at radius 3 is 2.36 bits per heavy atom. The Morgan fingerprint density at radius 1 is 1.20 bits per heavy atom. The Bertz CT molecular complexity index is 598. The molecule has 1 aliphatic heterocycles. The van der Waals surface area contributed by atoms with E-state index >= 15 is 0 Å². The predicted molar refractivity (Wildman–Crippen MR) is 92.2 cm³/mol. The number of hydrogen-bond acceptors (Lipinski definition) is 5. The predicted octanol–water partition coefficient (Wildman–Crippen LogP) is 1.68. The van der Waals surface area contributed by atoms with Gasteiger partial charge in [-0.15, -0.1) is 0 Å². The number of nitrogens with one attached hydrogen (secondary N) is 1. The van der Waals surface area contributed by atoms with Crippen molar-refractivity contribution in [2.75, 3.05) is 20.3 Å². The molecule has 3 amide bonds. The third-order valence-electron chi connectivity index (χ3n) is 4.58. The van der Waals surface area contributed by atoms with Gasteiger partial charge >= 0.3 is 6.03 Å². The molecule has 0 unspecified atom stereocenters. The maximum atomic E-state index is 12.5. The van der Waals surface area contributed by atoms with Crippen molar-refractivity contribution in [1.82, 2.24) is 10.2 Å². The van der Waals surface area contributed by atoms with Crippen molar-refractivity contribution in [3.8, 4) is 5.75 Å². The molecular weight excluding hydrogens is 324 g/mol. The Hall–Kier alpha value is -2.12. The molecule has 2 rings (SSSR count). The van der Waals surface area contributed by atoms with Crippen LogP contribution in [-0.4, -0.2) is 53.8 Å². The Balaban J connectivity index is 1.82. The first-order chi connectivity index (χ1) is 12.0. The van der Waals surface area contributed by atoms with Gasteiger partial charge in [-0.3, -0.25) is 9.69 Å². The van der Waals surface area contributed by atoms with Gasteiger partial charge in [0.25, 0.3) is 5.91 Å². The van der Waals surface area contributed by atoms with Crippen LogP contribution in [0.4, 0.5) is 4.79 Å². The molecule has 0 aliphatic carbocycles. The van der Waals surface area contributed by atoms with E-state index in [1.807, 2.05) is 38.1 Å². The van der Waals surface area contributed by atoms with Crippen LogP contribution in [-0.2, 0) is 16.1 Å². The van der Waals surface area contributed by atoms with Gasteiger partial charge in [-0.2, -0.15) is 0 Å². The fourth-order valence-electron chi connectivity index (χ4n) is 2.87. The highest BCUT2D eigenvalue weighted by Crippen LogP contribution is 2.25. The maximum Gasteiger partial charge on any atom is 0.325 e. The first-order valence-electron chi connectivity index (χ1n) is 8.48. The van der Waals surface area contributed by atoms with Crippen molar-refractivity contribution in [3.05, 3.63) is 29.8 Å². The number of amides is 3. The van der Waals surface area contributed by atoms with Crippen LogP contribution in [0, 0.1) is 0 Å². The zero-order chi connectivity index (χ0) is 18.4. The number of benzene rings is 1. The van der Waals surface area contributed by atoms with E-state index in [1.54, 1.807) is 7.11 Å². The van der Waals surface area contributed by atoms with E-state index in [4.69, 9.17) is 9.47 Å². The smallest absolute Gasteiger partial charge is 0.325 e. The molecule has 0 aromatic heterocycles. The molecule has 0 bridgehead atoms. The summed E-state index contributed by atoms with van der Waals surface area (Å²) >= 11 is 0. The van der Waals surface area contributed by atoms with Crippen molar-refractivity contribution in [1.29, 1.82) is 0 Å². The molecule has 0 radical (unpaired) electrons. The van der Waals surface area contributed by atoms with Gasteiger partial charge in [0, 0.05) is 0 Å². The van der Waals surface area contributed by atoms with Crippen LogP contribution in [0.2, 0.25) is 0 Å². The van der Waals surface area contributed by atoms with Crippen LogP contribution in [0.15, 0.2) is 24.3 Å². The highest BCUT2D eigenvalue weighted by molar-refractivity contribution is 6.07. The Morgan fingerprint density at radius 2 is 1.84 bits per heavy atom. The molecule has 2 N–H and O–H groups in total. The van der Waals surface area contributed by atoms with E-state index in [1.165, 1.54) is 0 Å². The molecular formula is C18H26N2O5. The second-order valence-electron chi connectivity index (χ2n) is 6.15. The summed E-state index contributed by atoms with van der Waals surface area (Å²) in [6.45, 7) is 4.01. The zero-order valence-corrected chi connectivity index (χ0v) is 14.9. The van der Waals surface area contributed by atoms with E-state index in [-0.39, 0.29) is 19.1 Å². The molecule has 1 aromatic rings. The first-order valence-corrected chi connectivity index (χ1v) is 8.48. The van der Waals surface area contributed by atoms with Crippen molar-refractivity contribution >= 4 is 11.9 Å². The van der Waals surface area contributed by atoms with Gasteiger partial charge < -0.3 is 19.9 Å². The molecule has 0 spiro atoms. The Kier molecular flexibility index (Phi) is 6.39. The molecule has 1 saturated heterocycles. The van der Waals surface area contributed by atoms with Crippen molar-refractivity contribution in [2.45, 2.75) is 44.9 Å². The lowest BCUT2D eigenvalue weighted by molar-refractivity contribution is -0.133. The number of carbonyl (C=O) groups is 2. The second kappa shape index (κ2) is 8.31. The number of imide groups is 1. The number of aliphatic hydroxyl groups is 1. The van der Waals surface area contributed by atoms with Crippen LogP contribution in [0.1, 0.15) is 32.3 Å². The van der Waals surface area contributed by atoms with Gasteiger partial charge in [0.1, 0.15) is 11.3 Å². The van der Waals surface area contributed by atoms with Gasteiger partial charge in [0.2, 0.25) is 0 Å². The normalized spacial score (nSPS) is 17.5. The number of ether oxygens (including phenoxy) is 2. The van der Waals surface area contributed by atoms with Crippen LogP contribution in [0.3, 0.4) is 0 Å². The van der Waals surface area contributed by atoms with Gasteiger partial charge in [-0.25, -0.2) is 4.79 Å². The summed E-state index contributed by atoms with van der Waals surface area (Å²) < 4.78 is 10.6. The quantitative estimate of drug-likeness (QED) is 0.662. The minimum Gasteiger partial charge on any atom is -0.497 e. The average molecular weight is 350 g/mol. The number of β-amino-alcohol motifs (C(OH)–C–C–N with tert-alkyl or cyclic N) is 1. The lowest BCUT2D eigenvalue weighted by Crippen LogP contribution is -2.46. The lowest BCUT2D eigenvalue weighted by Gasteiger charge is -2.23. The Labute approximate surface area is 147 Å². The molecule has 7 nitrogen and oxygen atoms in total. The molecule has 138 valence electrons. The summed E-state index contributed by atoms with van der Waals surface area (Å²) in [7, 11) is 1.60. The van der Waals surface area contributed by atoms with Gasteiger partial charge in [-0.05, 0) is 30.5 Å². The SMILES string of the molecule is CCC1(CC)NC(=O)N(C[C@@H](O)COCc2ccc(OC)cc2)C1=O. The number of carbonyl (C=O) groups excluding carboxylic acids is 2. The fraction of sp³-hybridized carbons (Fsp3) is 0.556. The van der Waals surface area contributed by atoms with Crippen LogP contribution < -0.4 is 10.1 Å². The second-order valence-corrected chi connectivity index (χ2v) is 6.15. The number of nitrogens with zero attached hydrogens (tertiary/aromatic N) is 1. The molecule has 1 atom stereocenters. The van der Waals surface area contributed by atoms with Crippen LogP contribution >= 0.6 is 0 Å². The van der Waals surface area contributed by atoms with E-state index < -0.39 is 17.7 Å². The topological polar surface area (TPSA) is 88.1 Å². The molecule has 0 saturated carbocycles. The third kappa shape index (κ3) is 4.29. The molecule has 25 heavy (non-hydrogen) atoms. The van der Waals surface area contributed by atoms with Crippen LogP contribution in [0.25, 0.3) is 0 Å². The monoisotopic (exact) mass is 350 g/mol. The number of rotatable bonds is 9. The van der Waals surface area contributed by atoms with Crippen LogP contribution in [0.5, 0.6) is 5.75 Å². The summed E-state index contributed by atoms with van der Waals surface area (Å²) in [6.07, 6.45) is 0.112. The lowest BCUT2D eigenvalue weighted by atomic mass is 9.93. The minimum atomic E-state index is -0.933. The summed E-state index contributed by atoms with van der Waals surface area (Å²) in [4.78, 5) is 25.6. The van der Waals surface area contributed by atoms with E-state index in [0.29, 0.717) is 19.4 Å². The summed E-state index contributed by atoms with van der Waals surface area (Å²) in [5.41, 5.74) is 0.0970. The zero-order valence-electron chi connectivity index (χ0n) is 14.9. The highest BCUT2D eigenvalue weighted by Gasteiger charge is 2.48. The van der Waals surface area contributed by atoms with Crippen molar-refractivity contribution in [3.63, 3.8) is 0 Å². The van der Waals surface area contributed by atoms with E-state index in [0.717, 1.165) is 16.2 Å².